The first kappa shape index (κ1) is 15.8. The van der Waals surface area contributed by atoms with Crippen molar-refractivity contribution < 1.29 is 0 Å². The number of para-hydroxylation sites is 2. The number of anilines is 2. The molecule has 0 aliphatic carbocycles. The van der Waals surface area contributed by atoms with Gasteiger partial charge in [0.1, 0.15) is 6.17 Å². The van der Waals surface area contributed by atoms with Gasteiger partial charge in [0.15, 0.2) is 0 Å². The highest BCUT2D eigenvalue weighted by molar-refractivity contribution is 5.74. The molecule has 2 aliphatic heterocycles. The third-order valence-corrected chi connectivity index (χ3v) is 5.68. The topological polar surface area (TPSA) is 6.48 Å². The summed E-state index contributed by atoms with van der Waals surface area (Å²) in [5.41, 5.74) is 6.15. The van der Waals surface area contributed by atoms with E-state index in [1.54, 1.807) is 0 Å². The summed E-state index contributed by atoms with van der Waals surface area (Å²) in [6.45, 7) is 12.9. The molecular weight excluding hydrogens is 304 g/mol. The Labute approximate surface area is 150 Å². The van der Waals surface area contributed by atoms with E-state index in [0.717, 1.165) is 11.4 Å². The van der Waals surface area contributed by atoms with Crippen LogP contribution in [0, 0.1) is 5.92 Å². The fraction of sp³-hybridized carbons (Fsp3) is 0.217. The smallest absolute Gasteiger partial charge is 0.114 e. The van der Waals surface area contributed by atoms with Crippen LogP contribution in [-0.2, 0) is 0 Å². The minimum absolute atomic E-state index is 0.230. The van der Waals surface area contributed by atoms with Gasteiger partial charge >= 0.3 is 0 Å². The molecule has 25 heavy (non-hydrogen) atoms. The molecule has 2 aromatic rings. The van der Waals surface area contributed by atoms with Gasteiger partial charge in [-0.3, -0.25) is 0 Å². The van der Waals surface area contributed by atoms with E-state index < -0.39 is 0 Å². The highest BCUT2D eigenvalue weighted by Crippen LogP contribution is 2.50. The molecule has 0 aromatic heterocycles. The van der Waals surface area contributed by atoms with E-state index >= 15 is 0 Å². The minimum Gasteiger partial charge on any atom is -0.318 e. The highest BCUT2D eigenvalue weighted by atomic mass is 15.4. The van der Waals surface area contributed by atoms with Crippen molar-refractivity contribution in [1.82, 2.24) is 0 Å². The molecule has 0 fully saturated rings. The molecule has 0 saturated heterocycles. The van der Waals surface area contributed by atoms with Gasteiger partial charge in [0.2, 0.25) is 0 Å². The van der Waals surface area contributed by atoms with Crippen LogP contribution in [-0.4, -0.2) is 6.17 Å². The van der Waals surface area contributed by atoms with Crippen LogP contribution >= 0.6 is 0 Å². The van der Waals surface area contributed by atoms with Crippen LogP contribution < -0.4 is 9.80 Å². The SMILES string of the molecule is C=CC1=C(C=C)N2c3ccccc3C(C)C(C)C2N1c1ccccc1. The van der Waals surface area contributed by atoms with Gasteiger partial charge in [-0.2, -0.15) is 0 Å². The average molecular weight is 328 g/mol. The Morgan fingerprint density at radius 3 is 2.08 bits per heavy atom. The molecule has 4 rings (SSSR count). The van der Waals surface area contributed by atoms with Crippen LogP contribution in [0.4, 0.5) is 11.4 Å². The average Bonchev–Trinajstić information content (AvgIpc) is 3.01. The zero-order chi connectivity index (χ0) is 17.6. The summed E-state index contributed by atoms with van der Waals surface area (Å²) in [7, 11) is 0. The molecule has 3 unspecified atom stereocenters. The van der Waals surface area contributed by atoms with Crippen LogP contribution in [0.3, 0.4) is 0 Å². The predicted octanol–water partition coefficient (Wildman–Crippen LogP) is 5.68. The van der Waals surface area contributed by atoms with Crippen molar-refractivity contribution in [3.05, 3.63) is 96.9 Å². The number of benzene rings is 2. The lowest BCUT2D eigenvalue weighted by Crippen LogP contribution is -2.49. The number of fused-ring (bicyclic) bond motifs is 3. The maximum Gasteiger partial charge on any atom is 0.114 e. The first-order chi connectivity index (χ1) is 12.2. The molecule has 2 heterocycles. The fourth-order valence-electron chi connectivity index (χ4n) is 4.31. The lowest BCUT2D eigenvalue weighted by atomic mass is 9.81. The first-order valence-electron chi connectivity index (χ1n) is 8.90. The molecule has 0 saturated carbocycles. The molecule has 2 aromatic carbocycles. The van der Waals surface area contributed by atoms with Gasteiger partial charge in [-0.15, -0.1) is 0 Å². The Bertz CT molecular complexity index is 849. The molecule has 3 atom stereocenters. The van der Waals surface area contributed by atoms with E-state index in [-0.39, 0.29) is 6.17 Å². The molecule has 2 nitrogen and oxygen atoms in total. The number of rotatable bonds is 3. The summed E-state index contributed by atoms with van der Waals surface area (Å²) in [6.07, 6.45) is 4.16. The zero-order valence-corrected chi connectivity index (χ0v) is 14.9. The number of hydrogen-bond donors (Lipinski definition) is 0. The molecule has 0 spiro atoms. The van der Waals surface area contributed by atoms with E-state index in [4.69, 9.17) is 0 Å². The fourth-order valence-corrected chi connectivity index (χ4v) is 4.31. The van der Waals surface area contributed by atoms with E-state index in [1.807, 2.05) is 12.2 Å². The maximum atomic E-state index is 4.10. The second-order valence-corrected chi connectivity index (χ2v) is 6.87. The zero-order valence-electron chi connectivity index (χ0n) is 14.9. The first-order valence-corrected chi connectivity index (χ1v) is 8.90. The lowest BCUT2D eigenvalue weighted by Gasteiger charge is -2.45. The number of hydrogen-bond acceptors (Lipinski definition) is 2. The van der Waals surface area contributed by atoms with Crippen molar-refractivity contribution in [3.63, 3.8) is 0 Å². The van der Waals surface area contributed by atoms with E-state index in [0.29, 0.717) is 11.8 Å². The van der Waals surface area contributed by atoms with E-state index in [9.17, 15) is 0 Å². The monoisotopic (exact) mass is 328 g/mol. The largest absolute Gasteiger partial charge is 0.318 e. The highest BCUT2D eigenvalue weighted by Gasteiger charge is 2.46. The standard InChI is InChI=1S/C23H24N2/c1-5-20-21(6-2)25-22-15-11-10-14-19(22)16(3)17(4)23(25)24(20)18-12-8-7-9-13-18/h5-17,23H,1-2H2,3-4H3. The van der Waals surface area contributed by atoms with Crippen molar-refractivity contribution in [1.29, 1.82) is 0 Å². The normalized spacial score (nSPS) is 24.8. The van der Waals surface area contributed by atoms with Gasteiger partial charge in [-0.05, 0) is 41.8 Å². The molecule has 0 bridgehead atoms. The predicted molar refractivity (Wildman–Crippen MR) is 107 cm³/mol. The summed E-state index contributed by atoms with van der Waals surface area (Å²) in [5.74, 6) is 0.946. The van der Waals surface area contributed by atoms with Crippen LogP contribution in [0.5, 0.6) is 0 Å². The molecule has 0 amide bonds. The number of nitrogens with zero attached hydrogens (tertiary/aromatic N) is 2. The summed E-state index contributed by atoms with van der Waals surface area (Å²) < 4.78 is 0. The second kappa shape index (κ2) is 5.96. The van der Waals surface area contributed by atoms with Crippen LogP contribution in [0.15, 0.2) is 91.3 Å². The van der Waals surface area contributed by atoms with E-state index in [2.05, 4.69) is 91.4 Å². The van der Waals surface area contributed by atoms with Crippen molar-refractivity contribution in [2.75, 3.05) is 9.80 Å². The van der Waals surface area contributed by atoms with E-state index in [1.165, 1.54) is 16.9 Å². The Balaban J connectivity index is 1.97. The lowest BCUT2D eigenvalue weighted by molar-refractivity contribution is 0.380. The van der Waals surface area contributed by atoms with Gasteiger partial charge in [0.05, 0.1) is 11.4 Å². The summed E-state index contributed by atoms with van der Waals surface area (Å²) in [4.78, 5) is 4.86. The second-order valence-electron chi connectivity index (χ2n) is 6.87. The molecule has 2 aliphatic rings. The van der Waals surface area contributed by atoms with Crippen molar-refractivity contribution in [2.24, 2.45) is 5.92 Å². The van der Waals surface area contributed by atoms with Crippen molar-refractivity contribution >= 4 is 11.4 Å². The summed E-state index contributed by atoms with van der Waals surface area (Å²) in [5, 5.41) is 0. The molecule has 126 valence electrons. The molecule has 0 N–H and O–H groups in total. The van der Waals surface area contributed by atoms with Crippen molar-refractivity contribution in [2.45, 2.75) is 25.9 Å². The maximum absolute atomic E-state index is 4.10. The van der Waals surface area contributed by atoms with Crippen LogP contribution in [0.1, 0.15) is 25.3 Å². The van der Waals surface area contributed by atoms with Gasteiger partial charge in [-0.25, -0.2) is 0 Å². The minimum atomic E-state index is 0.230. The Morgan fingerprint density at radius 2 is 1.40 bits per heavy atom. The van der Waals surface area contributed by atoms with Crippen LogP contribution in [0.25, 0.3) is 0 Å². The molecular formula is C23H24N2. The molecule has 2 heteroatoms. The Kier molecular flexibility index (Phi) is 3.76. The Morgan fingerprint density at radius 1 is 0.800 bits per heavy atom. The summed E-state index contributed by atoms with van der Waals surface area (Å²) in [6, 6.07) is 19.3. The number of allylic oxidation sites excluding steroid dienone is 2. The third-order valence-electron chi connectivity index (χ3n) is 5.68. The van der Waals surface area contributed by atoms with Gasteiger partial charge in [-0.1, -0.05) is 63.4 Å². The van der Waals surface area contributed by atoms with Gasteiger partial charge in [0, 0.05) is 17.3 Å². The summed E-state index contributed by atoms with van der Waals surface area (Å²) >= 11 is 0. The van der Waals surface area contributed by atoms with Crippen LogP contribution in [0.2, 0.25) is 0 Å². The quantitative estimate of drug-likeness (QED) is 0.715. The molecule has 0 radical (unpaired) electrons. The van der Waals surface area contributed by atoms with Crippen molar-refractivity contribution in [3.8, 4) is 0 Å². The van der Waals surface area contributed by atoms with Gasteiger partial charge in [0.25, 0.3) is 0 Å². The van der Waals surface area contributed by atoms with Gasteiger partial charge < -0.3 is 9.80 Å². The third kappa shape index (κ3) is 2.17. The Hall–Kier alpha value is -2.74.